The third kappa shape index (κ3) is 12.9. The molecule has 17 atom stereocenters. The van der Waals surface area contributed by atoms with Crippen molar-refractivity contribution in [3.8, 4) is 6.07 Å². The molecule has 0 bridgehead atoms. The zero-order chi connectivity index (χ0) is 51.9. The number of rotatable bonds is 16. The number of hydrogen-bond acceptors (Lipinski definition) is 18. The lowest BCUT2D eigenvalue weighted by molar-refractivity contribution is -0.321. The molecule has 0 saturated carbocycles. The van der Waals surface area contributed by atoms with Crippen LogP contribution < -0.4 is 5.48 Å². The quantitative estimate of drug-likeness (QED) is 0.0735. The maximum atomic E-state index is 15.0. The van der Waals surface area contributed by atoms with E-state index in [0.717, 1.165) is 11.1 Å². The Kier molecular flexibility index (Phi) is 20.0. The summed E-state index contributed by atoms with van der Waals surface area (Å²) in [6, 6.07) is 9.14. The predicted octanol–water partition coefficient (Wildman–Crippen LogP) is 7.57. The van der Waals surface area contributed by atoms with E-state index >= 15 is 0 Å². The van der Waals surface area contributed by atoms with Crippen LogP contribution in [-0.2, 0) is 73.1 Å². The normalized spacial score (nSPS) is 39.7. The van der Waals surface area contributed by atoms with E-state index in [1.54, 1.807) is 34.1 Å². The lowest BCUT2D eigenvalue weighted by Gasteiger charge is -2.50. The van der Waals surface area contributed by atoms with Crippen molar-refractivity contribution in [3.05, 3.63) is 46.1 Å². The molecule has 0 amide bonds. The first-order chi connectivity index (χ1) is 33.0. The molecule has 1 aromatic rings. The van der Waals surface area contributed by atoms with Crippen molar-refractivity contribution in [2.24, 2.45) is 17.8 Å². The van der Waals surface area contributed by atoms with Gasteiger partial charge in [-0.25, -0.2) is 4.79 Å². The van der Waals surface area contributed by atoms with Crippen molar-refractivity contribution in [2.75, 3.05) is 34.9 Å². The van der Waals surface area contributed by atoms with Gasteiger partial charge in [0.25, 0.3) is 0 Å². The highest BCUT2D eigenvalue weighted by Crippen LogP contribution is 2.45. The lowest BCUT2D eigenvalue weighted by atomic mass is 9.76. The largest absolute Gasteiger partial charge is 0.509 e. The summed E-state index contributed by atoms with van der Waals surface area (Å²) in [5.74, 6) is -3.57. The molecule has 1 aromatic carbocycles. The van der Waals surface area contributed by atoms with Crippen LogP contribution >= 0.6 is 11.6 Å². The molecule has 19 heteroatoms. The SMILES string of the molecule is CC[C@H]1OC(=O)[C@H](C)[C@@H](O[C@H]2C[C@@](C)(OC)[C@@H](OCCC#N)[C@H](C)O2)[C@H](C)[C@@H](O[C@@H]2O[C@H](C)C[C@H](N(C)C)[C@H]2OC(C)=O)[C@](C)(OC)C/C(C)=C(/NOCc2ccccc2Cl)[C@H](C)[C@H]2OC(=O)O[C@@]21C. The molecule has 70 heavy (non-hydrogen) atoms. The fourth-order valence-corrected chi connectivity index (χ4v) is 11.0. The molecule has 4 aliphatic rings. The van der Waals surface area contributed by atoms with Crippen LogP contribution in [0.25, 0.3) is 0 Å². The molecule has 4 aliphatic heterocycles. The van der Waals surface area contributed by atoms with Crippen LogP contribution in [0, 0.1) is 29.1 Å². The van der Waals surface area contributed by atoms with Crippen molar-refractivity contribution >= 4 is 29.7 Å². The van der Waals surface area contributed by atoms with Gasteiger partial charge in [0.2, 0.25) is 0 Å². The first-order valence-electron chi connectivity index (χ1n) is 24.4. The number of halogens is 1. The molecule has 0 aliphatic carbocycles. The van der Waals surface area contributed by atoms with Crippen molar-refractivity contribution in [2.45, 2.75) is 199 Å². The third-order valence-electron chi connectivity index (χ3n) is 14.7. The topological polar surface area (TPSA) is 201 Å². The van der Waals surface area contributed by atoms with Gasteiger partial charge in [0.05, 0.1) is 66.7 Å². The minimum atomic E-state index is -1.47. The Bertz CT molecular complexity index is 2020. The van der Waals surface area contributed by atoms with E-state index in [4.69, 9.17) is 68.5 Å². The fourth-order valence-electron chi connectivity index (χ4n) is 10.9. The number of hydrogen-bond donors (Lipinski definition) is 1. The van der Waals surface area contributed by atoms with Crippen molar-refractivity contribution in [1.29, 1.82) is 5.26 Å². The Morgan fingerprint density at radius 3 is 2.26 bits per heavy atom. The maximum Gasteiger partial charge on any atom is 0.509 e. The van der Waals surface area contributed by atoms with Gasteiger partial charge in [-0.1, -0.05) is 50.6 Å². The van der Waals surface area contributed by atoms with Crippen LogP contribution in [0.3, 0.4) is 0 Å². The molecular formula is C51H78ClN3O15. The number of cyclic esters (lactones) is 1. The Hall–Kier alpha value is -3.61. The van der Waals surface area contributed by atoms with E-state index < -0.39 is 108 Å². The van der Waals surface area contributed by atoms with Gasteiger partial charge in [-0.3, -0.25) is 19.9 Å². The van der Waals surface area contributed by atoms with Crippen molar-refractivity contribution in [1.82, 2.24) is 10.4 Å². The predicted molar refractivity (Wildman–Crippen MR) is 256 cm³/mol. The molecule has 3 fully saturated rings. The van der Waals surface area contributed by atoms with Gasteiger partial charge >= 0.3 is 18.1 Å². The number of methoxy groups -OCH3 is 2. The Morgan fingerprint density at radius 1 is 0.957 bits per heavy atom. The molecule has 0 radical (unpaired) electrons. The second-order valence-corrected chi connectivity index (χ2v) is 20.6. The van der Waals surface area contributed by atoms with Crippen LogP contribution in [0.5, 0.6) is 0 Å². The number of esters is 2. The summed E-state index contributed by atoms with van der Waals surface area (Å²) in [7, 11) is 6.98. The second-order valence-electron chi connectivity index (χ2n) is 20.2. The Morgan fingerprint density at radius 2 is 1.64 bits per heavy atom. The molecule has 18 nitrogen and oxygen atoms in total. The number of benzene rings is 1. The van der Waals surface area contributed by atoms with Crippen LogP contribution in [0.15, 0.2) is 35.5 Å². The molecular weight excluding hydrogens is 930 g/mol. The molecule has 1 N–H and O–H groups in total. The number of hydroxylamine groups is 1. The number of nitrogens with one attached hydrogen (secondary N) is 1. The number of carbonyl (C=O) groups is 3. The summed E-state index contributed by atoms with van der Waals surface area (Å²) >= 11 is 6.54. The first kappa shape index (κ1) is 57.3. The molecule has 4 heterocycles. The first-order valence-corrected chi connectivity index (χ1v) is 24.8. The minimum Gasteiger partial charge on any atom is -0.458 e. The van der Waals surface area contributed by atoms with E-state index in [1.807, 2.05) is 92.6 Å². The summed E-state index contributed by atoms with van der Waals surface area (Å²) in [5, 5.41) is 9.77. The highest BCUT2D eigenvalue weighted by Gasteiger charge is 2.59. The average molecular weight is 1010 g/mol. The zero-order valence-electron chi connectivity index (χ0n) is 43.7. The number of nitrogens with zero attached hydrogens (tertiary/aromatic N) is 2. The van der Waals surface area contributed by atoms with Crippen LogP contribution in [0.2, 0.25) is 5.02 Å². The maximum absolute atomic E-state index is 15.0. The van der Waals surface area contributed by atoms with E-state index in [1.165, 1.54) is 6.92 Å². The fraction of sp³-hybridized carbons (Fsp3) is 0.765. The molecule has 0 unspecified atom stereocenters. The number of nitriles is 1. The number of ether oxygens (including phenoxy) is 11. The van der Waals surface area contributed by atoms with E-state index in [-0.39, 0.29) is 51.0 Å². The van der Waals surface area contributed by atoms with Crippen LogP contribution in [-0.4, -0.2) is 142 Å². The smallest absolute Gasteiger partial charge is 0.458 e. The third-order valence-corrected chi connectivity index (χ3v) is 15.1. The van der Waals surface area contributed by atoms with Gasteiger partial charge in [0.15, 0.2) is 30.4 Å². The average Bonchev–Trinajstić information content (AvgIpc) is 3.62. The van der Waals surface area contributed by atoms with Gasteiger partial charge in [0.1, 0.15) is 18.8 Å². The standard InChI is InChI=1S/C51H78ClN3O15/c1-16-38-51(11)44(69-48(58)70-51)30(4)40(54-62-27-35-20-17-18-21-36(35)52)28(2)25-49(9,59-14)43(68-47-42(65-34(8)56)37(55(12)13)24-29(3)63-47)31(5)41(32(6)46(57)66-38)67-39-26-50(10,60-15)45(33(7)64-39)61-23-19-22-53/h17-18,20-21,29-33,37-39,41-45,47,54H,16,19,23-27H2,1-15H3/b40-28+/t29-,30+,31+,32-,33+,37+,38-,39+,41+,42-,43-,44-,45+,47+,49-,50-,51-/m1/s1. The van der Waals surface area contributed by atoms with Gasteiger partial charge in [0, 0.05) is 56.5 Å². The Balaban J connectivity index is 1.70. The molecule has 5 rings (SSSR count). The molecule has 0 spiro atoms. The number of carbonyl (C=O) groups excluding carboxylic acids is 3. The summed E-state index contributed by atoms with van der Waals surface area (Å²) < 4.78 is 70.9. The van der Waals surface area contributed by atoms with Crippen molar-refractivity contribution in [3.63, 3.8) is 0 Å². The van der Waals surface area contributed by atoms with Gasteiger partial charge < -0.3 is 57.0 Å². The molecule has 394 valence electrons. The zero-order valence-corrected chi connectivity index (χ0v) is 44.5. The Labute approximate surface area is 419 Å². The highest BCUT2D eigenvalue weighted by atomic mass is 35.5. The van der Waals surface area contributed by atoms with Gasteiger partial charge in [-0.2, -0.15) is 5.26 Å². The number of likely N-dealkylation sites (N-methyl/N-ethyl adjacent to an activating group) is 1. The summed E-state index contributed by atoms with van der Waals surface area (Å²) in [5.41, 5.74) is 1.51. The summed E-state index contributed by atoms with van der Waals surface area (Å²) in [6.45, 7) is 20.1. The van der Waals surface area contributed by atoms with Crippen LogP contribution in [0.4, 0.5) is 4.79 Å². The molecule has 0 aromatic heterocycles. The second kappa shape index (κ2) is 24.4. The van der Waals surface area contributed by atoms with Gasteiger partial charge in [-0.15, -0.1) is 0 Å². The van der Waals surface area contributed by atoms with E-state index in [2.05, 4.69) is 11.5 Å². The molecule has 3 saturated heterocycles. The summed E-state index contributed by atoms with van der Waals surface area (Å²) in [4.78, 5) is 49.3. The number of fused-ring (bicyclic) bond motifs is 1. The minimum absolute atomic E-state index is 0.0797. The highest BCUT2D eigenvalue weighted by molar-refractivity contribution is 6.31. The van der Waals surface area contributed by atoms with Crippen molar-refractivity contribution < 1.29 is 71.3 Å². The van der Waals surface area contributed by atoms with Gasteiger partial charge in [-0.05, 0) is 92.6 Å². The van der Waals surface area contributed by atoms with Crippen LogP contribution in [0.1, 0.15) is 114 Å². The van der Waals surface area contributed by atoms with E-state index in [9.17, 15) is 19.6 Å². The van der Waals surface area contributed by atoms with E-state index in [0.29, 0.717) is 17.1 Å². The lowest BCUT2D eigenvalue weighted by Crippen LogP contribution is -2.61. The summed E-state index contributed by atoms with van der Waals surface area (Å²) in [6.07, 6.45) is -7.96. The monoisotopic (exact) mass is 1010 g/mol.